The minimum absolute atomic E-state index is 0.267. The predicted molar refractivity (Wildman–Crippen MR) is 217 cm³/mol. The van der Waals surface area contributed by atoms with Crippen molar-refractivity contribution >= 4 is 82.6 Å². The van der Waals surface area contributed by atoms with Crippen LogP contribution in [0.5, 0.6) is 0 Å². The van der Waals surface area contributed by atoms with E-state index in [-0.39, 0.29) is 5.82 Å². The van der Waals surface area contributed by atoms with Gasteiger partial charge in [-0.3, -0.25) is 0 Å². The van der Waals surface area contributed by atoms with Crippen LogP contribution in [0.4, 0.5) is 21.5 Å². The minimum atomic E-state index is -0.267. The molecule has 0 saturated carbocycles. The molecular formula is C48H30FN3O. The smallest absolute Gasteiger partial charge is 0.136 e. The van der Waals surface area contributed by atoms with Crippen LogP contribution in [0, 0.1) is 5.82 Å². The topological polar surface area (TPSA) is 26.2 Å². The van der Waals surface area contributed by atoms with E-state index < -0.39 is 0 Å². The summed E-state index contributed by atoms with van der Waals surface area (Å²) < 4.78 is 25.2. The van der Waals surface area contributed by atoms with Gasteiger partial charge in [-0.05, 0) is 109 Å². The number of furan rings is 1. The third kappa shape index (κ3) is 4.54. The summed E-state index contributed by atoms with van der Waals surface area (Å²) in [6.07, 6.45) is 0. The first kappa shape index (κ1) is 29.6. The number of rotatable bonds is 5. The number of benzene rings is 8. The molecule has 5 heteroatoms. The highest BCUT2D eigenvalue weighted by Gasteiger charge is 2.19. The van der Waals surface area contributed by atoms with Gasteiger partial charge >= 0.3 is 0 Å². The number of aromatic nitrogens is 2. The number of para-hydroxylation sites is 4. The molecule has 8 aromatic carbocycles. The largest absolute Gasteiger partial charge is 0.456 e. The van der Waals surface area contributed by atoms with Crippen molar-refractivity contribution in [2.75, 3.05) is 4.90 Å². The molecule has 0 aliphatic carbocycles. The van der Waals surface area contributed by atoms with Gasteiger partial charge in [-0.25, -0.2) is 4.39 Å². The van der Waals surface area contributed by atoms with E-state index in [0.717, 1.165) is 66.8 Å². The lowest BCUT2D eigenvalue weighted by Crippen LogP contribution is -2.10. The van der Waals surface area contributed by atoms with Gasteiger partial charge in [0.15, 0.2) is 0 Å². The van der Waals surface area contributed by atoms with Gasteiger partial charge in [0.25, 0.3) is 0 Å². The molecule has 0 amide bonds. The van der Waals surface area contributed by atoms with E-state index in [1.807, 2.05) is 24.3 Å². The Kier molecular flexibility index (Phi) is 6.40. The zero-order valence-corrected chi connectivity index (χ0v) is 28.4. The van der Waals surface area contributed by atoms with E-state index in [9.17, 15) is 4.39 Å². The molecule has 0 unspecified atom stereocenters. The fourth-order valence-electron chi connectivity index (χ4n) is 8.20. The van der Waals surface area contributed by atoms with E-state index in [1.165, 1.54) is 39.3 Å². The molecule has 3 aromatic heterocycles. The second-order valence-corrected chi connectivity index (χ2v) is 13.5. The Morgan fingerprint density at radius 3 is 1.34 bits per heavy atom. The molecule has 53 heavy (non-hydrogen) atoms. The van der Waals surface area contributed by atoms with Crippen LogP contribution in [0.3, 0.4) is 0 Å². The molecule has 0 spiro atoms. The molecular weight excluding hydrogens is 654 g/mol. The highest BCUT2D eigenvalue weighted by molar-refractivity contribution is 6.17. The lowest BCUT2D eigenvalue weighted by Gasteiger charge is -2.26. The monoisotopic (exact) mass is 683 g/mol. The molecule has 11 rings (SSSR count). The molecule has 250 valence electrons. The Hall–Kier alpha value is -7.11. The van der Waals surface area contributed by atoms with Crippen LogP contribution in [0.2, 0.25) is 0 Å². The molecule has 0 radical (unpaired) electrons. The van der Waals surface area contributed by atoms with Gasteiger partial charge in [-0.15, -0.1) is 0 Å². The van der Waals surface area contributed by atoms with Gasteiger partial charge in [0.2, 0.25) is 0 Å². The van der Waals surface area contributed by atoms with Crippen molar-refractivity contribution in [3.63, 3.8) is 0 Å². The van der Waals surface area contributed by atoms with E-state index in [2.05, 4.69) is 160 Å². The van der Waals surface area contributed by atoms with E-state index >= 15 is 0 Å². The van der Waals surface area contributed by atoms with Crippen LogP contribution in [0.1, 0.15) is 0 Å². The van der Waals surface area contributed by atoms with Gasteiger partial charge in [-0.1, -0.05) is 72.8 Å². The Morgan fingerprint density at radius 2 is 0.792 bits per heavy atom. The van der Waals surface area contributed by atoms with Crippen molar-refractivity contribution in [1.29, 1.82) is 0 Å². The van der Waals surface area contributed by atoms with Gasteiger partial charge in [0.05, 0.1) is 22.1 Å². The quantitative estimate of drug-likeness (QED) is 0.180. The van der Waals surface area contributed by atoms with Gasteiger partial charge in [-0.2, -0.15) is 0 Å². The number of hydrogen-bond donors (Lipinski definition) is 0. The maximum atomic E-state index is 14.2. The highest BCUT2D eigenvalue weighted by atomic mass is 19.1. The average molecular weight is 684 g/mol. The van der Waals surface area contributed by atoms with Crippen molar-refractivity contribution in [1.82, 2.24) is 9.13 Å². The Labute approximate surface area is 303 Å². The normalized spacial score (nSPS) is 11.9. The summed E-state index contributed by atoms with van der Waals surface area (Å²) >= 11 is 0. The summed E-state index contributed by atoms with van der Waals surface area (Å²) in [7, 11) is 0. The molecule has 0 bridgehead atoms. The van der Waals surface area contributed by atoms with E-state index in [0.29, 0.717) is 0 Å². The summed E-state index contributed by atoms with van der Waals surface area (Å²) in [5, 5.41) is 6.98. The first-order valence-electron chi connectivity index (χ1n) is 17.8. The molecule has 3 heterocycles. The number of anilines is 3. The van der Waals surface area contributed by atoms with E-state index in [1.54, 1.807) is 0 Å². The number of hydrogen-bond acceptors (Lipinski definition) is 2. The maximum Gasteiger partial charge on any atom is 0.136 e. The van der Waals surface area contributed by atoms with Gasteiger partial charge < -0.3 is 18.5 Å². The van der Waals surface area contributed by atoms with Crippen molar-refractivity contribution in [2.24, 2.45) is 0 Å². The van der Waals surface area contributed by atoms with Crippen LogP contribution in [-0.4, -0.2) is 9.13 Å². The summed E-state index contributed by atoms with van der Waals surface area (Å²) in [5.74, 6) is -0.267. The lowest BCUT2D eigenvalue weighted by molar-refractivity contribution is 0.628. The second-order valence-electron chi connectivity index (χ2n) is 13.5. The fourth-order valence-corrected chi connectivity index (χ4v) is 8.20. The standard InChI is InChI=1S/C48H30FN3O/c49-31-17-19-32(20-18-31)50(33-21-25-35(26-22-33)51-43-13-5-1-9-37(43)38-10-2-6-14-44(38)51)34-23-27-36(28-24-34)52-45-15-7-3-11-39(45)41-30-48-42(29-46(41)52)40-12-4-8-16-47(40)53-48/h1-30H. The highest BCUT2D eigenvalue weighted by Crippen LogP contribution is 2.40. The molecule has 0 saturated heterocycles. The lowest BCUT2D eigenvalue weighted by atomic mass is 10.1. The summed E-state index contributed by atoms with van der Waals surface area (Å²) in [6.45, 7) is 0. The third-order valence-electron chi connectivity index (χ3n) is 10.6. The SMILES string of the molecule is Fc1ccc(N(c2ccc(-n3c4ccccc4c4ccccc43)cc2)c2ccc(-n3c4ccccc4c4cc5oc6ccccc6c5cc43)cc2)cc1. The van der Waals surface area contributed by atoms with Gasteiger partial charge in [0, 0.05) is 60.8 Å². The number of nitrogens with zero attached hydrogens (tertiary/aromatic N) is 3. The van der Waals surface area contributed by atoms with Crippen molar-refractivity contribution < 1.29 is 8.81 Å². The van der Waals surface area contributed by atoms with E-state index in [4.69, 9.17) is 4.42 Å². The second kappa shape index (κ2) is 11.5. The number of halogens is 1. The van der Waals surface area contributed by atoms with Crippen molar-refractivity contribution in [3.8, 4) is 11.4 Å². The Balaban J connectivity index is 1.04. The molecule has 0 fully saturated rings. The first-order chi connectivity index (χ1) is 26.2. The van der Waals surface area contributed by atoms with Crippen LogP contribution in [0.15, 0.2) is 186 Å². The molecule has 0 aliphatic heterocycles. The third-order valence-corrected chi connectivity index (χ3v) is 10.6. The minimum Gasteiger partial charge on any atom is -0.456 e. The van der Waals surface area contributed by atoms with Gasteiger partial charge in [0.1, 0.15) is 17.0 Å². The van der Waals surface area contributed by atoms with Crippen LogP contribution in [0.25, 0.3) is 76.9 Å². The van der Waals surface area contributed by atoms with Crippen LogP contribution < -0.4 is 4.90 Å². The van der Waals surface area contributed by atoms with Crippen molar-refractivity contribution in [2.45, 2.75) is 0 Å². The summed E-state index contributed by atoms with van der Waals surface area (Å²) in [6, 6.07) is 62.2. The number of fused-ring (bicyclic) bond motifs is 9. The fraction of sp³-hybridized carbons (Fsp3) is 0. The molecule has 0 aliphatic rings. The molecule has 4 nitrogen and oxygen atoms in total. The van der Waals surface area contributed by atoms with Crippen LogP contribution >= 0.6 is 0 Å². The maximum absolute atomic E-state index is 14.2. The Bertz CT molecular complexity index is 3120. The average Bonchev–Trinajstić information content (AvgIpc) is 3.86. The summed E-state index contributed by atoms with van der Waals surface area (Å²) in [5.41, 5.74) is 11.3. The molecule has 0 N–H and O–H groups in total. The van der Waals surface area contributed by atoms with Crippen molar-refractivity contribution in [3.05, 3.63) is 188 Å². The summed E-state index contributed by atoms with van der Waals surface area (Å²) in [4.78, 5) is 2.17. The molecule has 0 atom stereocenters. The zero-order valence-electron chi connectivity index (χ0n) is 28.4. The van der Waals surface area contributed by atoms with Crippen LogP contribution in [-0.2, 0) is 0 Å². The predicted octanol–water partition coefficient (Wildman–Crippen LogP) is 13.4. The first-order valence-corrected chi connectivity index (χ1v) is 17.8. The zero-order chi connectivity index (χ0) is 35.0. The molecule has 11 aromatic rings. The Morgan fingerprint density at radius 1 is 0.358 bits per heavy atom.